The van der Waals surface area contributed by atoms with Gasteiger partial charge in [-0.1, -0.05) is 6.58 Å². The Morgan fingerprint density at radius 3 is 3.00 bits per heavy atom. The SMILES string of the molecule is C=c1cnn(PI)/c1=C(\C)NC. The van der Waals surface area contributed by atoms with Crippen LogP contribution in [0.25, 0.3) is 12.3 Å². The van der Waals surface area contributed by atoms with Crippen molar-refractivity contribution in [1.29, 1.82) is 0 Å². The smallest absolute Gasteiger partial charge is 0.0909 e. The fourth-order valence-corrected chi connectivity index (χ4v) is 2.56. The molecule has 0 bridgehead atoms. The summed E-state index contributed by atoms with van der Waals surface area (Å²) in [5, 5.41) is 9.38. The van der Waals surface area contributed by atoms with Gasteiger partial charge in [-0.05, 0) is 29.0 Å². The van der Waals surface area contributed by atoms with Crippen LogP contribution in [-0.4, -0.2) is 16.6 Å². The molecule has 0 spiro atoms. The van der Waals surface area contributed by atoms with E-state index in [-0.39, 0.29) is 0 Å². The third-order valence-corrected chi connectivity index (χ3v) is 3.53. The van der Waals surface area contributed by atoms with Gasteiger partial charge in [-0.15, -0.1) is 0 Å². The van der Waals surface area contributed by atoms with Crippen molar-refractivity contribution in [2.75, 3.05) is 7.05 Å². The topological polar surface area (TPSA) is 29.9 Å². The van der Waals surface area contributed by atoms with E-state index in [4.69, 9.17) is 0 Å². The lowest BCUT2D eigenvalue weighted by molar-refractivity contribution is 0.953. The lowest BCUT2D eigenvalue weighted by Gasteiger charge is -1.99. The first kappa shape index (κ1) is 9.99. The van der Waals surface area contributed by atoms with E-state index in [9.17, 15) is 0 Å². The predicted molar refractivity (Wildman–Crippen MR) is 62.9 cm³/mol. The highest BCUT2D eigenvalue weighted by atomic mass is 127. The van der Waals surface area contributed by atoms with Gasteiger partial charge in [0.15, 0.2) is 0 Å². The van der Waals surface area contributed by atoms with Gasteiger partial charge in [0, 0.05) is 18.0 Å². The molecule has 0 saturated heterocycles. The number of nitrogens with one attached hydrogen (secondary N) is 1. The number of hydrogen-bond donors (Lipinski definition) is 1. The lowest BCUT2D eigenvalue weighted by Crippen LogP contribution is -2.30. The van der Waals surface area contributed by atoms with Crippen molar-refractivity contribution in [2.24, 2.45) is 0 Å². The maximum atomic E-state index is 4.20. The van der Waals surface area contributed by atoms with Crippen LogP contribution in [0.4, 0.5) is 0 Å². The van der Waals surface area contributed by atoms with Crippen LogP contribution in [0.1, 0.15) is 6.92 Å². The molecule has 66 valence electrons. The fourth-order valence-electron chi connectivity index (χ4n) is 0.965. The summed E-state index contributed by atoms with van der Waals surface area (Å²) >= 11 is 2.30. The summed E-state index contributed by atoms with van der Waals surface area (Å²) in [5.41, 5.74) is 1.11. The first-order chi connectivity index (χ1) is 5.70. The van der Waals surface area contributed by atoms with E-state index in [0.29, 0.717) is 6.37 Å². The summed E-state index contributed by atoms with van der Waals surface area (Å²) in [6.45, 7) is 5.94. The van der Waals surface area contributed by atoms with Crippen molar-refractivity contribution in [2.45, 2.75) is 6.92 Å². The van der Waals surface area contributed by atoms with E-state index in [1.807, 2.05) is 18.4 Å². The van der Waals surface area contributed by atoms with E-state index in [0.717, 1.165) is 16.3 Å². The molecule has 1 atom stereocenters. The van der Waals surface area contributed by atoms with E-state index < -0.39 is 0 Å². The zero-order chi connectivity index (χ0) is 9.14. The van der Waals surface area contributed by atoms with Gasteiger partial charge < -0.3 is 5.32 Å². The third kappa shape index (κ3) is 1.80. The second-order valence-electron chi connectivity index (χ2n) is 2.39. The van der Waals surface area contributed by atoms with Crippen molar-refractivity contribution >= 4 is 40.7 Å². The Morgan fingerprint density at radius 1 is 1.83 bits per heavy atom. The molecule has 0 amide bonds. The molecule has 5 heteroatoms. The zero-order valence-corrected chi connectivity index (χ0v) is 10.2. The van der Waals surface area contributed by atoms with Gasteiger partial charge in [-0.2, -0.15) is 5.10 Å². The Bertz CT molecular complexity index is 370. The summed E-state index contributed by atoms with van der Waals surface area (Å²) in [6, 6.07) is 0. The minimum atomic E-state index is 0.620. The van der Waals surface area contributed by atoms with Crippen LogP contribution >= 0.6 is 28.4 Å². The van der Waals surface area contributed by atoms with Gasteiger partial charge in [0.05, 0.1) is 17.9 Å². The van der Waals surface area contributed by atoms with Crippen LogP contribution in [0, 0.1) is 0 Å². The van der Waals surface area contributed by atoms with Gasteiger partial charge in [0.2, 0.25) is 0 Å². The molecule has 1 aromatic heterocycles. The Hall–Kier alpha value is -0.0900. The van der Waals surface area contributed by atoms with Crippen LogP contribution in [0.3, 0.4) is 0 Å². The van der Waals surface area contributed by atoms with Gasteiger partial charge in [0.25, 0.3) is 0 Å². The Balaban J connectivity index is 3.48. The van der Waals surface area contributed by atoms with Crippen molar-refractivity contribution in [3.8, 4) is 0 Å². The maximum absolute atomic E-state index is 4.20. The molecule has 0 saturated carbocycles. The molecule has 0 aliphatic carbocycles. The number of aromatic nitrogens is 2. The van der Waals surface area contributed by atoms with Gasteiger partial charge >= 0.3 is 0 Å². The normalized spacial score (nSPS) is 13.9. The third-order valence-electron chi connectivity index (χ3n) is 1.66. The monoisotopic (exact) mass is 295 g/mol. The molecule has 0 aliphatic heterocycles. The standard InChI is InChI=1S/C7H11IN3P/c1-5-4-10-11(12-8)7(5)6(2)9-3/h4,9,12H,1H2,2-3H3/b7-6+. The average Bonchev–Trinajstić information content (AvgIpc) is 2.45. The number of hydrogen-bond acceptors (Lipinski definition) is 2. The molecule has 0 radical (unpaired) electrons. The highest BCUT2D eigenvalue weighted by Gasteiger charge is 1.97. The molecule has 0 fully saturated rings. The predicted octanol–water partition coefficient (Wildman–Crippen LogP) is 0.432. The first-order valence-corrected chi connectivity index (χ1v) is 7.55. The number of halogens is 1. The molecule has 0 aliphatic rings. The summed E-state index contributed by atoms with van der Waals surface area (Å²) < 4.78 is 1.95. The molecular formula is C7H11IN3P. The zero-order valence-electron chi connectivity index (χ0n) is 7.06. The quantitative estimate of drug-likeness (QED) is 0.633. The van der Waals surface area contributed by atoms with E-state index in [2.05, 4.69) is 39.0 Å². The number of rotatable bonds is 2. The van der Waals surface area contributed by atoms with Crippen molar-refractivity contribution < 1.29 is 0 Å². The highest BCUT2D eigenvalue weighted by Crippen LogP contribution is 2.18. The van der Waals surface area contributed by atoms with Crippen LogP contribution in [0.2, 0.25) is 0 Å². The fraction of sp³-hybridized carbons (Fsp3) is 0.286. The van der Waals surface area contributed by atoms with E-state index in [1.54, 1.807) is 6.20 Å². The second kappa shape index (κ2) is 4.23. The average molecular weight is 295 g/mol. The molecule has 1 heterocycles. The molecule has 12 heavy (non-hydrogen) atoms. The minimum Gasteiger partial charge on any atom is -0.390 e. The minimum absolute atomic E-state index is 0.620. The Morgan fingerprint density at radius 2 is 2.50 bits per heavy atom. The van der Waals surface area contributed by atoms with E-state index in [1.165, 1.54) is 0 Å². The highest BCUT2D eigenvalue weighted by molar-refractivity contribution is 14.2. The Labute approximate surface area is 86.2 Å². The van der Waals surface area contributed by atoms with Crippen molar-refractivity contribution in [3.05, 3.63) is 16.8 Å². The van der Waals surface area contributed by atoms with Crippen molar-refractivity contribution in [3.63, 3.8) is 0 Å². The summed E-state index contributed by atoms with van der Waals surface area (Å²) in [7, 11) is 1.91. The van der Waals surface area contributed by atoms with Gasteiger partial charge in [-0.3, -0.25) is 0 Å². The summed E-state index contributed by atoms with van der Waals surface area (Å²) in [5.74, 6) is 0. The molecule has 0 aromatic carbocycles. The van der Waals surface area contributed by atoms with Gasteiger partial charge in [-0.25, -0.2) is 4.45 Å². The van der Waals surface area contributed by atoms with Crippen LogP contribution in [-0.2, 0) is 0 Å². The molecular weight excluding hydrogens is 284 g/mol. The first-order valence-electron chi connectivity index (χ1n) is 3.49. The Kier molecular flexibility index (Phi) is 3.53. The van der Waals surface area contributed by atoms with E-state index >= 15 is 0 Å². The second-order valence-corrected chi connectivity index (χ2v) is 4.43. The largest absolute Gasteiger partial charge is 0.390 e. The molecule has 3 nitrogen and oxygen atoms in total. The van der Waals surface area contributed by atoms with Gasteiger partial charge in [0.1, 0.15) is 0 Å². The van der Waals surface area contributed by atoms with Crippen LogP contribution in [0.5, 0.6) is 0 Å². The van der Waals surface area contributed by atoms with Crippen molar-refractivity contribution in [1.82, 2.24) is 14.9 Å². The van der Waals surface area contributed by atoms with Crippen LogP contribution < -0.4 is 15.9 Å². The molecule has 1 N–H and O–H groups in total. The molecule has 1 rings (SSSR count). The number of nitrogens with zero attached hydrogens (tertiary/aromatic N) is 2. The molecule has 1 unspecified atom stereocenters. The summed E-state index contributed by atoms with van der Waals surface area (Å²) in [6.07, 6.45) is 2.41. The lowest BCUT2D eigenvalue weighted by atomic mass is 10.4. The maximum Gasteiger partial charge on any atom is 0.0909 e. The summed E-state index contributed by atoms with van der Waals surface area (Å²) in [4.78, 5) is 0. The van der Waals surface area contributed by atoms with Crippen LogP contribution in [0.15, 0.2) is 6.20 Å². The molecule has 1 aromatic rings.